The van der Waals surface area contributed by atoms with Gasteiger partial charge in [-0.3, -0.25) is 9.78 Å². The Morgan fingerprint density at radius 3 is 2.56 bits per heavy atom. The van der Waals surface area contributed by atoms with Gasteiger partial charge in [-0.15, -0.1) is 0 Å². The molecule has 0 saturated carbocycles. The third kappa shape index (κ3) is 2.89. The van der Waals surface area contributed by atoms with E-state index in [1.807, 2.05) is 45.8 Å². The number of imidazole rings is 1. The Hall–Kier alpha value is -2.77. The van der Waals surface area contributed by atoms with E-state index in [9.17, 15) is 4.79 Å². The number of ether oxygens (including phenoxy) is 2. The quantitative estimate of drug-likeness (QED) is 0.698. The van der Waals surface area contributed by atoms with Crippen molar-refractivity contribution in [1.82, 2.24) is 19.3 Å². The summed E-state index contributed by atoms with van der Waals surface area (Å²) < 4.78 is 13.3. The molecular formula is C20H20N4O3. The van der Waals surface area contributed by atoms with E-state index in [0.717, 1.165) is 11.3 Å². The van der Waals surface area contributed by atoms with Gasteiger partial charge in [0.25, 0.3) is 5.91 Å². The largest absolute Gasteiger partial charge is 0.347 e. The van der Waals surface area contributed by atoms with Crippen LogP contribution in [0.2, 0.25) is 0 Å². The number of amides is 1. The molecule has 2 aliphatic heterocycles. The summed E-state index contributed by atoms with van der Waals surface area (Å²) in [5.41, 5.74) is 2.86. The summed E-state index contributed by atoms with van der Waals surface area (Å²) in [6.45, 7) is 2.48. The monoisotopic (exact) mass is 364 g/mol. The van der Waals surface area contributed by atoms with Crippen molar-refractivity contribution in [2.45, 2.75) is 18.6 Å². The SMILES string of the molecule is O=C(c1cn2ccnc(-c3ccccc3)c2n1)N1CCC2(CC1)OCCO2. The van der Waals surface area contributed by atoms with Gasteiger partial charge in [-0.05, 0) is 0 Å². The highest BCUT2D eigenvalue weighted by Crippen LogP contribution is 2.31. The van der Waals surface area contributed by atoms with Crippen LogP contribution >= 0.6 is 0 Å². The van der Waals surface area contributed by atoms with E-state index in [1.54, 1.807) is 12.4 Å². The zero-order valence-electron chi connectivity index (χ0n) is 14.9. The Bertz CT molecular complexity index is 969. The maximum atomic E-state index is 13.0. The van der Waals surface area contributed by atoms with E-state index in [2.05, 4.69) is 9.97 Å². The second kappa shape index (κ2) is 6.44. The number of fused-ring (bicyclic) bond motifs is 1. The van der Waals surface area contributed by atoms with Crippen molar-refractivity contribution < 1.29 is 14.3 Å². The van der Waals surface area contributed by atoms with E-state index < -0.39 is 5.79 Å². The molecular weight excluding hydrogens is 344 g/mol. The molecule has 2 saturated heterocycles. The summed E-state index contributed by atoms with van der Waals surface area (Å²) in [7, 11) is 0. The number of benzene rings is 1. The Labute approximate surface area is 156 Å². The first-order valence-electron chi connectivity index (χ1n) is 9.20. The number of rotatable bonds is 2. The van der Waals surface area contributed by atoms with E-state index in [0.29, 0.717) is 50.5 Å². The van der Waals surface area contributed by atoms with Gasteiger partial charge in [-0.2, -0.15) is 0 Å². The van der Waals surface area contributed by atoms with Crippen molar-refractivity contribution in [3.05, 3.63) is 54.6 Å². The maximum Gasteiger partial charge on any atom is 0.274 e. The van der Waals surface area contributed by atoms with E-state index in [1.165, 1.54) is 0 Å². The van der Waals surface area contributed by atoms with E-state index in [4.69, 9.17) is 9.47 Å². The van der Waals surface area contributed by atoms with Crippen LogP contribution in [-0.2, 0) is 9.47 Å². The predicted molar refractivity (Wildman–Crippen MR) is 98.2 cm³/mol. The van der Waals surface area contributed by atoms with Crippen molar-refractivity contribution in [2.24, 2.45) is 0 Å². The molecule has 2 aliphatic rings. The average Bonchev–Trinajstić information content (AvgIpc) is 3.36. The molecule has 7 nitrogen and oxygen atoms in total. The van der Waals surface area contributed by atoms with Gasteiger partial charge in [0.1, 0.15) is 11.4 Å². The molecule has 0 unspecified atom stereocenters. The predicted octanol–water partition coefficient (Wildman–Crippen LogP) is 2.38. The first-order chi connectivity index (χ1) is 13.2. The van der Waals surface area contributed by atoms with Crippen molar-refractivity contribution in [3.8, 4) is 11.3 Å². The second-order valence-electron chi connectivity index (χ2n) is 6.90. The van der Waals surface area contributed by atoms with Crippen LogP contribution in [0.3, 0.4) is 0 Å². The molecule has 0 N–H and O–H groups in total. The number of hydrogen-bond donors (Lipinski definition) is 0. The molecule has 27 heavy (non-hydrogen) atoms. The second-order valence-corrected chi connectivity index (χ2v) is 6.90. The minimum absolute atomic E-state index is 0.0643. The summed E-state index contributed by atoms with van der Waals surface area (Å²) in [5.74, 6) is -0.550. The molecule has 1 aromatic carbocycles. The van der Waals surface area contributed by atoms with Crippen molar-refractivity contribution >= 4 is 11.6 Å². The molecule has 7 heteroatoms. The molecule has 2 fully saturated rings. The lowest BCUT2D eigenvalue weighted by Gasteiger charge is -2.37. The highest BCUT2D eigenvalue weighted by molar-refractivity contribution is 5.93. The molecule has 5 rings (SSSR count). The van der Waals surface area contributed by atoms with Gasteiger partial charge in [0.05, 0.1) is 13.2 Å². The minimum Gasteiger partial charge on any atom is -0.347 e. The van der Waals surface area contributed by atoms with E-state index in [-0.39, 0.29) is 5.91 Å². The lowest BCUT2D eigenvalue weighted by atomic mass is 10.0. The van der Waals surface area contributed by atoms with Crippen LogP contribution < -0.4 is 0 Å². The van der Waals surface area contributed by atoms with Crippen LogP contribution in [0.25, 0.3) is 16.9 Å². The molecule has 2 aromatic heterocycles. The number of carbonyl (C=O) groups is 1. The number of hydrogen-bond acceptors (Lipinski definition) is 5. The van der Waals surface area contributed by atoms with Crippen molar-refractivity contribution in [2.75, 3.05) is 26.3 Å². The molecule has 3 aromatic rings. The molecule has 0 aliphatic carbocycles. The van der Waals surface area contributed by atoms with Gasteiger partial charge in [0.15, 0.2) is 11.4 Å². The normalized spacial score (nSPS) is 19.0. The van der Waals surface area contributed by atoms with E-state index >= 15 is 0 Å². The maximum absolute atomic E-state index is 13.0. The Kier molecular flexibility index (Phi) is 3.91. The van der Waals surface area contributed by atoms with Gasteiger partial charge in [-0.1, -0.05) is 30.3 Å². The first-order valence-corrected chi connectivity index (χ1v) is 9.20. The number of aromatic nitrogens is 3. The van der Waals surface area contributed by atoms with Crippen LogP contribution in [-0.4, -0.2) is 57.3 Å². The topological polar surface area (TPSA) is 69.0 Å². The van der Waals surface area contributed by atoms with Crippen LogP contribution in [0.1, 0.15) is 23.3 Å². The molecule has 4 heterocycles. The van der Waals surface area contributed by atoms with Crippen molar-refractivity contribution in [1.29, 1.82) is 0 Å². The molecule has 1 spiro atoms. The standard InChI is InChI=1S/C20H20N4O3/c25-19(23-9-6-20(7-10-23)26-12-13-27-20)16-14-24-11-8-21-17(18(24)22-16)15-4-2-1-3-5-15/h1-5,8,11,14H,6-7,9-10,12-13H2. The van der Waals surface area contributed by atoms with Gasteiger partial charge in [0, 0.05) is 50.1 Å². The van der Waals surface area contributed by atoms with Gasteiger partial charge in [0.2, 0.25) is 0 Å². The smallest absolute Gasteiger partial charge is 0.274 e. The third-order valence-corrected chi connectivity index (χ3v) is 5.27. The molecule has 138 valence electrons. The van der Waals surface area contributed by atoms with Crippen LogP contribution in [0.4, 0.5) is 0 Å². The fourth-order valence-electron chi connectivity index (χ4n) is 3.82. The summed E-state index contributed by atoms with van der Waals surface area (Å²) in [6.07, 6.45) is 6.71. The number of piperidine rings is 1. The summed E-state index contributed by atoms with van der Waals surface area (Å²) >= 11 is 0. The van der Waals surface area contributed by atoms with Gasteiger partial charge in [-0.25, -0.2) is 4.98 Å². The fraction of sp³-hybridized carbons (Fsp3) is 0.350. The lowest BCUT2D eigenvalue weighted by molar-refractivity contribution is -0.181. The zero-order chi connectivity index (χ0) is 18.3. The minimum atomic E-state index is -0.486. The van der Waals surface area contributed by atoms with Gasteiger partial charge >= 0.3 is 0 Å². The van der Waals surface area contributed by atoms with Crippen molar-refractivity contribution in [3.63, 3.8) is 0 Å². The molecule has 0 bridgehead atoms. The lowest BCUT2D eigenvalue weighted by Crippen LogP contribution is -2.47. The van der Waals surface area contributed by atoms with Crippen LogP contribution in [0.5, 0.6) is 0 Å². The molecule has 0 atom stereocenters. The number of carbonyl (C=O) groups excluding carboxylic acids is 1. The zero-order valence-corrected chi connectivity index (χ0v) is 14.9. The summed E-state index contributed by atoms with van der Waals surface area (Å²) in [4.78, 5) is 23.9. The van der Waals surface area contributed by atoms with Crippen LogP contribution in [0.15, 0.2) is 48.9 Å². The highest BCUT2D eigenvalue weighted by atomic mass is 16.7. The Morgan fingerprint density at radius 2 is 1.81 bits per heavy atom. The Balaban J connectivity index is 1.41. The first kappa shape index (κ1) is 16.4. The summed E-state index contributed by atoms with van der Waals surface area (Å²) in [5, 5.41) is 0. The number of likely N-dealkylation sites (tertiary alicyclic amines) is 1. The Morgan fingerprint density at radius 1 is 1.07 bits per heavy atom. The molecule has 1 amide bonds. The third-order valence-electron chi connectivity index (χ3n) is 5.27. The summed E-state index contributed by atoms with van der Waals surface area (Å²) in [6, 6.07) is 9.87. The average molecular weight is 364 g/mol. The fourth-order valence-corrected chi connectivity index (χ4v) is 3.82. The highest BCUT2D eigenvalue weighted by Gasteiger charge is 2.41. The molecule has 0 radical (unpaired) electrons. The number of nitrogens with zero attached hydrogens (tertiary/aromatic N) is 4. The van der Waals surface area contributed by atoms with Gasteiger partial charge < -0.3 is 18.8 Å². The van der Waals surface area contributed by atoms with Crippen LogP contribution in [0, 0.1) is 0 Å².